The number of fused-ring (bicyclic) bond motifs is 6. The van der Waals surface area contributed by atoms with E-state index in [1.807, 2.05) is 86.6 Å². The van der Waals surface area contributed by atoms with Crippen molar-refractivity contribution in [2.75, 3.05) is 110 Å². The fourth-order valence-corrected chi connectivity index (χ4v) is 15.5. The first-order valence-electron chi connectivity index (χ1n) is 31.5. The summed E-state index contributed by atoms with van der Waals surface area (Å²) in [4.78, 5) is 96.8. The van der Waals surface area contributed by atoms with Crippen molar-refractivity contribution in [2.45, 2.75) is 66.2 Å². The molecule has 4 aromatic heterocycles. The molecule has 0 aliphatic carbocycles. The number of esters is 2. The molecule has 4 fully saturated rings. The predicted molar refractivity (Wildman–Crippen MR) is 365 cm³/mol. The summed E-state index contributed by atoms with van der Waals surface area (Å²) < 4.78 is 21.3. The number of nitrogens with two attached hydrogens (primary N) is 1. The topological polar surface area (TPSA) is 216 Å². The second kappa shape index (κ2) is 27.8. The maximum atomic E-state index is 13.9. The number of hydrogen-bond acceptors (Lipinski definition) is 17. The molecule has 6 aliphatic heterocycles. The third kappa shape index (κ3) is 13.8. The lowest BCUT2D eigenvalue weighted by atomic mass is 9.73. The smallest absolute Gasteiger partial charge is 0.348 e. The Morgan fingerprint density at radius 1 is 0.581 bits per heavy atom. The summed E-state index contributed by atoms with van der Waals surface area (Å²) in [5.41, 5.74) is 17.3. The molecule has 93 heavy (non-hydrogen) atoms. The molecule has 480 valence electrons. The molecule has 0 radical (unpaired) electrons. The number of carbonyl (C=O) groups is 6. The van der Waals surface area contributed by atoms with Gasteiger partial charge in [-0.25, -0.2) is 19.6 Å². The second-order valence-electron chi connectivity index (χ2n) is 24.5. The molecule has 0 bridgehead atoms. The van der Waals surface area contributed by atoms with Crippen LogP contribution in [0.1, 0.15) is 123 Å². The zero-order chi connectivity index (χ0) is 65.0. The van der Waals surface area contributed by atoms with E-state index >= 15 is 0 Å². The zero-order valence-electron chi connectivity index (χ0n) is 52.5. The lowest BCUT2D eigenvalue weighted by Gasteiger charge is -2.53. The van der Waals surface area contributed by atoms with Crippen molar-refractivity contribution in [1.82, 2.24) is 9.97 Å². The Morgan fingerprint density at radius 2 is 1.00 bits per heavy atom. The van der Waals surface area contributed by atoms with E-state index in [4.69, 9.17) is 36.3 Å². The average Bonchev–Trinajstić information content (AvgIpc) is 1.41. The number of aryl methyl sites for hydroxylation is 2. The Morgan fingerprint density at radius 3 is 1.44 bits per heavy atom. The summed E-state index contributed by atoms with van der Waals surface area (Å²) in [6.45, 7) is 16.0. The number of nitrogens with one attached hydrogen (secondary N) is 1. The molecule has 6 aliphatic rings. The van der Waals surface area contributed by atoms with Gasteiger partial charge in [-0.3, -0.25) is 19.2 Å². The van der Waals surface area contributed by atoms with Crippen LogP contribution in [0.25, 0.3) is 20.9 Å². The molecule has 3 N–H and O–H groups in total. The number of aromatic nitrogens is 2. The fourth-order valence-electron chi connectivity index (χ4n) is 13.1. The molecule has 3 amide bonds. The first kappa shape index (κ1) is 64.3. The van der Waals surface area contributed by atoms with Crippen LogP contribution < -0.4 is 30.7 Å². The standard InChI is InChI=1S/C36H36N4O5S.C22H20N2O3S.C14H17ClN2O2/c1-3-45-35(43)30-19-25-12-15-40(29-7-5-4-6-27(29)31(25)46-30)34(42)24-8-10-26(11-9-24)38-33(41)28-18-23(2)20-37-32(28)39-21-36(22-39)13-16-44-17-14-36;1-2-27-22(26)19-13-15-11-12-24(21(25)14-7-9-16(23)10-8-14)18-6-4-3-5-17(18)20(15)28-19;1-10-6-11(12(15)18)13(16-7-10)17-8-14(9-17)2-4-19-5-3-14/h4-11,18-20H,3,12-17,21-22H2,1-2H3,(H,38,41);3-10,13H,2,11-12,23H2,1H3;6-7H,2-5,8-9H2,1H3. The lowest BCUT2D eigenvalue weighted by Crippen LogP contribution is -2.59. The summed E-state index contributed by atoms with van der Waals surface area (Å²) in [7, 11) is 0. The Kier molecular flexibility index (Phi) is 19.2. The van der Waals surface area contributed by atoms with Crippen LogP contribution in [0.5, 0.6) is 0 Å². The minimum absolute atomic E-state index is 0.0618. The molecule has 8 aromatic rings. The number of nitrogens with zero attached hydrogens (tertiary/aromatic N) is 6. The van der Waals surface area contributed by atoms with Crippen LogP contribution in [0.15, 0.2) is 134 Å². The molecule has 18 nitrogen and oxygen atoms in total. The van der Waals surface area contributed by atoms with Gasteiger partial charge in [-0.2, -0.15) is 0 Å². The first-order chi connectivity index (χ1) is 45.0. The van der Waals surface area contributed by atoms with E-state index in [1.165, 1.54) is 22.7 Å². The van der Waals surface area contributed by atoms with Crippen LogP contribution in [0.4, 0.5) is 34.4 Å². The highest BCUT2D eigenvalue weighted by Gasteiger charge is 2.47. The third-order valence-corrected chi connectivity index (χ3v) is 20.6. The van der Waals surface area contributed by atoms with E-state index in [-0.39, 0.29) is 35.1 Å². The number of halogens is 1. The summed E-state index contributed by atoms with van der Waals surface area (Å²) in [5.74, 6) is 0.388. The number of para-hydroxylation sites is 2. The number of pyridine rings is 2. The van der Waals surface area contributed by atoms with Gasteiger partial charge in [-0.05, 0) is 185 Å². The number of ether oxygens (including phenoxy) is 4. The van der Waals surface area contributed by atoms with Gasteiger partial charge in [0.25, 0.3) is 23.0 Å². The van der Waals surface area contributed by atoms with E-state index < -0.39 is 5.24 Å². The molecule has 0 unspecified atom stereocenters. The van der Waals surface area contributed by atoms with Crippen LogP contribution >= 0.6 is 34.3 Å². The second-order valence-corrected chi connectivity index (χ2v) is 26.9. The maximum absolute atomic E-state index is 13.9. The van der Waals surface area contributed by atoms with Crippen molar-refractivity contribution < 1.29 is 47.7 Å². The number of hydrogen-bond donors (Lipinski definition) is 2. The molecule has 2 spiro atoms. The van der Waals surface area contributed by atoms with E-state index in [0.29, 0.717) is 93.8 Å². The van der Waals surface area contributed by atoms with Crippen LogP contribution in [-0.2, 0) is 31.8 Å². The monoisotopic (exact) mass is 1310 g/mol. The van der Waals surface area contributed by atoms with Crippen LogP contribution in [0, 0.1) is 24.7 Å². The Balaban J connectivity index is 0.000000149. The number of benzene rings is 4. The van der Waals surface area contributed by atoms with Crippen LogP contribution in [-0.4, -0.2) is 124 Å². The Bertz CT molecular complexity index is 4130. The molecule has 0 atom stereocenters. The normalized spacial score (nSPS) is 16.4. The van der Waals surface area contributed by atoms with Crippen molar-refractivity contribution in [3.63, 3.8) is 0 Å². The minimum Gasteiger partial charge on any atom is -0.462 e. The van der Waals surface area contributed by atoms with Gasteiger partial charge in [0, 0.05) is 132 Å². The third-order valence-electron chi connectivity index (χ3n) is 18.0. The lowest BCUT2D eigenvalue weighted by molar-refractivity contribution is -0.000649. The molecule has 4 saturated heterocycles. The molecular weight excluding hydrogens is 1240 g/mol. The number of anilines is 6. The quantitative estimate of drug-likeness (QED) is 0.0699. The summed E-state index contributed by atoms with van der Waals surface area (Å²) in [6.07, 6.45) is 9.14. The van der Waals surface area contributed by atoms with Gasteiger partial charge in [0.1, 0.15) is 21.4 Å². The van der Waals surface area contributed by atoms with Crippen LogP contribution in [0.3, 0.4) is 0 Å². The van der Waals surface area contributed by atoms with Gasteiger partial charge in [0.15, 0.2) is 0 Å². The highest BCUT2D eigenvalue weighted by Crippen LogP contribution is 2.46. The average molecular weight is 1310 g/mol. The van der Waals surface area contributed by atoms with Gasteiger partial charge < -0.3 is 49.6 Å². The van der Waals surface area contributed by atoms with Gasteiger partial charge in [-0.15, -0.1) is 22.7 Å². The summed E-state index contributed by atoms with van der Waals surface area (Å²) in [5, 5.41) is 2.58. The van der Waals surface area contributed by atoms with E-state index in [0.717, 1.165) is 139 Å². The molecular formula is C72H73ClN8O10S2. The SMILES string of the molecule is CCOC(=O)c1cc2c(s1)-c1ccccc1N(C(=O)c1ccc(N)cc1)CC2.CCOC(=O)c1cc2c(s1)-c1ccccc1N(C(=O)c1ccc(NC(=O)c3cc(C)cnc3N3CC4(CCOCC4)C3)cc1)CC2.Cc1cnc(N2CC3(CCOCC3)C2)c(C(=O)Cl)c1. The van der Waals surface area contributed by atoms with Gasteiger partial charge in [0.05, 0.1) is 35.7 Å². The summed E-state index contributed by atoms with van der Waals surface area (Å²) in [6, 6.07) is 37.1. The predicted octanol–water partition coefficient (Wildman–Crippen LogP) is 13.1. The van der Waals surface area contributed by atoms with E-state index in [2.05, 4.69) is 25.1 Å². The van der Waals surface area contributed by atoms with Crippen molar-refractivity contribution in [1.29, 1.82) is 0 Å². The van der Waals surface area contributed by atoms with Gasteiger partial charge >= 0.3 is 11.9 Å². The number of thiophene rings is 2. The molecule has 10 heterocycles. The molecule has 0 saturated carbocycles. The van der Waals surface area contributed by atoms with Crippen molar-refractivity contribution in [3.05, 3.63) is 188 Å². The highest BCUT2D eigenvalue weighted by atomic mass is 35.5. The highest BCUT2D eigenvalue weighted by molar-refractivity contribution is 7.18. The molecule has 21 heteroatoms. The molecule has 4 aromatic carbocycles. The van der Waals surface area contributed by atoms with E-state index in [1.54, 1.807) is 84.6 Å². The Labute approximate surface area is 553 Å². The zero-order valence-corrected chi connectivity index (χ0v) is 54.9. The first-order valence-corrected chi connectivity index (χ1v) is 33.5. The number of nitrogen functional groups attached to an aromatic ring is 1. The van der Waals surface area contributed by atoms with Crippen molar-refractivity contribution in [3.8, 4) is 20.9 Å². The minimum atomic E-state index is -0.431. The van der Waals surface area contributed by atoms with Crippen molar-refractivity contribution in [2.24, 2.45) is 10.8 Å². The van der Waals surface area contributed by atoms with Gasteiger partial charge in [0.2, 0.25) is 0 Å². The number of carbonyl (C=O) groups excluding carboxylic acids is 6. The van der Waals surface area contributed by atoms with Gasteiger partial charge in [-0.1, -0.05) is 36.4 Å². The number of amides is 3. The largest absolute Gasteiger partial charge is 0.462 e. The summed E-state index contributed by atoms with van der Waals surface area (Å²) >= 11 is 8.48. The fraction of sp³-hybridized carbons (Fsp3) is 0.333. The van der Waals surface area contributed by atoms with Crippen molar-refractivity contribution >= 4 is 104 Å². The molecule has 14 rings (SSSR count). The van der Waals surface area contributed by atoms with E-state index in [9.17, 15) is 28.8 Å². The van der Waals surface area contributed by atoms with Crippen LogP contribution in [0.2, 0.25) is 0 Å². The number of rotatable bonds is 11. The maximum Gasteiger partial charge on any atom is 0.348 e. The Hall–Kier alpha value is -8.79.